The Morgan fingerprint density at radius 1 is 1.44 bits per heavy atom. The highest BCUT2D eigenvalue weighted by molar-refractivity contribution is 6.33. The molecule has 0 aliphatic carbocycles. The minimum Gasteiger partial charge on any atom is -0.325 e. The number of carbonyl (C=O) groups is 1. The number of carbonyl (C=O) groups excluding carboxylic acids is 1. The monoisotopic (exact) mass is 239 g/mol. The van der Waals surface area contributed by atoms with Crippen molar-refractivity contribution in [1.29, 1.82) is 0 Å². The molecule has 16 heavy (non-hydrogen) atoms. The van der Waals surface area contributed by atoms with Crippen molar-refractivity contribution in [1.82, 2.24) is 0 Å². The average Bonchev–Trinajstić information content (AvgIpc) is 2.21. The van der Waals surface area contributed by atoms with Gasteiger partial charge in [0.1, 0.15) is 0 Å². The highest BCUT2D eigenvalue weighted by Gasteiger charge is 2.07. The van der Waals surface area contributed by atoms with E-state index in [1.165, 1.54) is 5.56 Å². The molecule has 0 unspecified atom stereocenters. The second-order valence-electron chi connectivity index (χ2n) is 4.19. The first-order chi connectivity index (χ1) is 7.54. The normalized spacial score (nSPS) is 10.6. The van der Waals surface area contributed by atoms with E-state index in [0.717, 1.165) is 6.42 Å². The molecule has 0 atom stereocenters. The van der Waals surface area contributed by atoms with Crippen molar-refractivity contribution in [2.75, 3.05) is 5.32 Å². The lowest BCUT2D eigenvalue weighted by Crippen LogP contribution is -2.11. The van der Waals surface area contributed by atoms with Gasteiger partial charge in [-0.15, -0.1) is 0 Å². The number of anilines is 1. The van der Waals surface area contributed by atoms with E-state index in [4.69, 9.17) is 11.6 Å². The van der Waals surface area contributed by atoms with Crippen molar-refractivity contribution in [2.24, 2.45) is 0 Å². The molecule has 1 rings (SSSR count). The molecule has 0 fully saturated rings. The Bertz CT molecular complexity index is 374. The van der Waals surface area contributed by atoms with Gasteiger partial charge in [0.05, 0.1) is 10.7 Å². The third kappa shape index (κ3) is 3.53. The van der Waals surface area contributed by atoms with E-state index in [2.05, 4.69) is 19.2 Å². The van der Waals surface area contributed by atoms with Crippen molar-refractivity contribution in [3.8, 4) is 0 Å². The molecule has 0 saturated heterocycles. The summed E-state index contributed by atoms with van der Waals surface area (Å²) in [6, 6.07) is 5.77. The molecular formula is C13H18ClNO. The molecule has 88 valence electrons. The molecule has 0 bridgehead atoms. The summed E-state index contributed by atoms with van der Waals surface area (Å²) in [6.07, 6.45) is 1.37. The minimum atomic E-state index is 0.0155. The van der Waals surface area contributed by atoms with E-state index in [1.807, 2.05) is 25.1 Å². The lowest BCUT2D eigenvalue weighted by Gasteiger charge is -2.10. The Balaban J connectivity index is 2.79. The number of hydrogen-bond acceptors (Lipinski definition) is 1. The van der Waals surface area contributed by atoms with Crippen molar-refractivity contribution in [3.05, 3.63) is 28.8 Å². The van der Waals surface area contributed by atoms with Crippen LogP contribution in [-0.4, -0.2) is 5.91 Å². The Morgan fingerprint density at radius 3 is 2.62 bits per heavy atom. The summed E-state index contributed by atoms with van der Waals surface area (Å²) in [6.45, 7) is 6.20. The van der Waals surface area contributed by atoms with Gasteiger partial charge in [0.25, 0.3) is 0 Å². The highest BCUT2D eigenvalue weighted by Crippen LogP contribution is 2.26. The van der Waals surface area contributed by atoms with Crippen LogP contribution in [0.2, 0.25) is 5.02 Å². The van der Waals surface area contributed by atoms with Crippen LogP contribution in [-0.2, 0) is 4.79 Å². The van der Waals surface area contributed by atoms with E-state index in [0.29, 0.717) is 23.0 Å². The van der Waals surface area contributed by atoms with Crippen LogP contribution in [0.15, 0.2) is 18.2 Å². The van der Waals surface area contributed by atoms with E-state index >= 15 is 0 Å². The topological polar surface area (TPSA) is 29.1 Å². The molecule has 0 saturated carbocycles. The summed E-state index contributed by atoms with van der Waals surface area (Å²) in [4.78, 5) is 11.4. The van der Waals surface area contributed by atoms with Gasteiger partial charge in [-0.1, -0.05) is 38.4 Å². The van der Waals surface area contributed by atoms with Gasteiger partial charge in [-0.3, -0.25) is 4.79 Å². The third-order valence-electron chi connectivity index (χ3n) is 2.41. The van der Waals surface area contributed by atoms with Gasteiger partial charge in [-0.25, -0.2) is 0 Å². The first-order valence-electron chi connectivity index (χ1n) is 5.64. The molecule has 0 aliphatic heterocycles. The molecule has 0 radical (unpaired) electrons. The molecule has 0 aromatic heterocycles. The van der Waals surface area contributed by atoms with Gasteiger partial charge in [0.2, 0.25) is 5.91 Å². The van der Waals surface area contributed by atoms with E-state index in [1.54, 1.807) is 0 Å². The summed E-state index contributed by atoms with van der Waals surface area (Å²) in [5, 5.41) is 3.41. The van der Waals surface area contributed by atoms with Crippen LogP contribution in [0.25, 0.3) is 0 Å². The van der Waals surface area contributed by atoms with Gasteiger partial charge < -0.3 is 5.32 Å². The lowest BCUT2D eigenvalue weighted by molar-refractivity contribution is -0.116. The standard InChI is InChI=1S/C13H18ClNO/c1-4-5-13(16)15-12-7-6-10(9(2)3)8-11(12)14/h6-9H,4-5H2,1-3H3,(H,15,16). The number of nitrogens with one attached hydrogen (secondary N) is 1. The van der Waals surface area contributed by atoms with Crippen molar-refractivity contribution in [3.63, 3.8) is 0 Å². The Morgan fingerprint density at radius 2 is 2.12 bits per heavy atom. The van der Waals surface area contributed by atoms with Crippen LogP contribution in [0, 0.1) is 0 Å². The van der Waals surface area contributed by atoms with Crippen LogP contribution in [0.1, 0.15) is 45.1 Å². The number of benzene rings is 1. The first-order valence-corrected chi connectivity index (χ1v) is 6.01. The number of amides is 1. The number of hydrogen-bond donors (Lipinski definition) is 1. The van der Waals surface area contributed by atoms with Gasteiger partial charge >= 0.3 is 0 Å². The molecule has 1 N–H and O–H groups in total. The van der Waals surface area contributed by atoms with Crippen LogP contribution < -0.4 is 5.32 Å². The number of rotatable bonds is 4. The van der Waals surface area contributed by atoms with Gasteiger partial charge in [-0.2, -0.15) is 0 Å². The largest absolute Gasteiger partial charge is 0.325 e. The van der Waals surface area contributed by atoms with E-state index in [9.17, 15) is 4.79 Å². The quantitative estimate of drug-likeness (QED) is 0.838. The second kappa shape index (κ2) is 5.90. The first kappa shape index (κ1) is 13.0. The molecule has 0 spiro atoms. The van der Waals surface area contributed by atoms with Crippen molar-refractivity contribution in [2.45, 2.75) is 39.5 Å². The molecule has 1 aromatic carbocycles. The number of halogens is 1. The lowest BCUT2D eigenvalue weighted by atomic mass is 10.0. The summed E-state index contributed by atoms with van der Waals surface area (Å²) < 4.78 is 0. The van der Waals surface area contributed by atoms with Crippen LogP contribution in [0.3, 0.4) is 0 Å². The van der Waals surface area contributed by atoms with Crippen molar-refractivity contribution < 1.29 is 4.79 Å². The highest BCUT2D eigenvalue weighted by atomic mass is 35.5. The maximum atomic E-state index is 11.4. The summed E-state index contributed by atoms with van der Waals surface area (Å²) in [7, 11) is 0. The van der Waals surface area contributed by atoms with Crippen LogP contribution >= 0.6 is 11.6 Å². The predicted molar refractivity (Wildman–Crippen MR) is 69.1 cm³/mol. The van der Waals surface area contributed by atoms with Crippen molar-refractivity contribution >= 4 is 23.2 Å². The zero-order chi connectivity index (χ0) is 12.1. The Hall–Kier alpha value is -1.02. The van der Waals surface area contributed by atoms with Gasteiger partial charge in [0, 0.05) is 6.42 Å². The fourth-order valence-electron chi connectivity index (χ4n) is 1.43. The van der Waals surface area contributed by atoms with Gasteiger partial charge in [-0.05, 0) is 30.0 Å². The zero-order valence-corrected chi connectivity index (χ0v) is 10.8. The molecule has 1 amide bonds. The van der Waals surface area contributed by atoms with Crippen LogP contribution in [0.4, 0.5) is 5.69 Å². The second-order valence-corrected chi connectivity index (χ2v) is 4.60. The average molecular weight is 240 g/mol. The fraction of sp³-hybridized carbons (Fsp3) is 0.462. The smallest absolute Gasteiger partial charge is 0.224 e. The maximum Gasteiger partial charge on any atom is 0.224 e. The summed E-state index contributed by atoms with van der Waals surface area (Å²) in [5.74, 6) is 0.458. The fourth-order valence-corrected chi connectivity index (χ4v) is 1.67. The molecular weight excluding hydrogens is 222 g/mol. The SMILES string of the molecule is CCCC(=O)Nc1ccc(C(C)C)cc1Cl. The molecule has 3 heteroatoms. The zero-order valence-electron chi connectivity index (χ0n) is 10.0. The van der Waals surface area contributed by atoms with Crippen LogP contribution in [0.5, 0.6) is 0 Å². The summed E-state index contributed by atoms with van der Waals surface area (Å²) >= 11 is 6.10. The summed E-state index contributed by atoms with van der Waals surface area (Å²) in [5.41, 5.74) is 1.88. The molecule has 0 heterocycles. The minimum absolute atomic E-state index is 0.0155. The van der Waals surface area contributed by atoms with E-state index in [-0.39, 0.29) is 5.91 Å². The Kier molecular flexibility index (Phi) is 4.81. The van der Waals surface area contributed by atoms with Gasteiger partial charge in [0.15, 0.2) is 0 Å². The predicted octanol–water partition coefficient (Wildman–Crippen LogP) is 4.20. The van der Waals surface area contributed by atoms with E-state index < -0.39 is 0 Å². The maximum absolute atomic E-state index is 11.4. The molecule has 1 aromatic rings. The molecule has 0 aliphatic rings. The molecule has 2 nitrogen and oxygen atoms in total. The Labute approximate surface area is 102 Å². The third-order valence-corrected chi connectivity index (χ3v) is 2.72.